The molecule has 0 amide bonds. The molecule has 2 aromatic carbocycles. The van der Waals surface area contributed by atoms with Crippen molar-refractivity contribution in [2.45, 2.75) is 6.43 Å². The van der Waals surface area contributed by atoms with Gasteiger partial charge in [0.2, 0.25) is 0 Å². The van der Waals surface area contributed by atoms with Gasteiger partial charge in [0.05, 0.1) is 11.3 Å². The van der Waals surface area contributed by atoms with E-state index in [2.05, 4.69) is 4.98 Å². The molecule has 1 nitrogen and oxygen atoms in total. The van der Waals surface area contributed by atoms with Crippen molar-refractivity contribution in [1.82, 2.24) is 4.98 Å². The minimum Gasteiger partial charge on any atom is -0.354 e. The zero-order valence-corrected chi connectivity index (χ0v) is 9.83. The van der Waals surface area contributed by atoms with Gasteiger partial charge in [0.25, 0.3) is 6.43 Å². The van der Waals surface area contributed by atoms with Crippen molar-refractivity contribution < 1.29 is 13.2 Å². The maximum absolute atomic E-state index is 13.3. The summed E-state index contributed by atoms with van der Waals surface area (Å²) in [6.45, 7) is 0. The third-order valence-corrected chi connectivity index (χ3v) is 3.10. The van der Waals surface area contributed by atoms with E-state index >= 15 is 0 Å². The van der Waals surface area contributed by atoms with Crippen LogP contribution < -0.4 is 0 Å². The Morgan fingerprint density at radius 3 is 2.26 bits per heavy atom. The minimum atomic E-state index is -2.59. The van der Waals surface area contributed by atoms with Gasteiger partial charge in [-0.1, -0.05) is 18.2 Å². The Hall–Kier alpha value is -2.23. The number of halogens is 3. The van der Waals surface area contributed by atoms with Crippen molar-refractivity contribution >= 4 is 10.9 Å². The molecule has 0 bridgehead atoms. The van der Waals surface area contributed by atoms with Crippen LogP contribution in [-0.2, 0) is 0 Å². The predicted octanol–water partition coefficient (Wildman–Crippen LogP) is 4.91. The van der Waals surface area contributed by atoms with Crippen molar-refractivity contribution in [1.29, 1.82) is 0 Å². The number of alkyl halides is 2. The van der Waals surface area contributed by atoms with Gasteiger partial charge < -0.3 is 4.98 Å². The van der Waals surface area contributed by atoms with Gasteiger partial charge in [-0.05, 0) is 35.9 Å². The molecular formula is C15H10F3N. The first-order chi connectivity index (χ1) is 9.16. The summed E-state index contributed by atoms with van der Waals surface area (Å²) in [4.78, 5) is 2.98. The van der Waals surface area contributed by atoms with Gasteiger partial charge in [0.1, 0.15) is 5.82 Å². The lowest BCUT2D eigenvalue weighted by Gasteiger charge is -2.04. The van der Waals surface area contributed by atoms with Gasteiger partial charge in [-0.25, -0.2) is 13.2 Å². The second kappa shape index (κ2) is 4.46. The molecule has 96 valence electrons. The van der Waals surface area contributed by atoms with Crippen LogP contribution in [0.25, 0.3) is 22.2 Å². The Morgan fingerprint density at radius 1 is 0.895 bits per heavy atom. The number of H-pyrrole nitrogens is 1. The summed E-state index contributed by atoms with van der Waals surface area (Å²) in [5, 5.41) is 0.497. The van der Waals surface area contributed by atoms with E-state index in [1.54, 1.807) is 24.3 Å². The molecule has 0 fully saturated rings. The topological polar surface area (TPSA) is 15.8 Å². The van der Waals surface area contributed by atoms with E-state index in [0.29, 0.717) is 22.2 Å². The molecule has 0 atom stereocenters. The van der Waals surface area contributed by atoms with Gasteiger partial charge in [0.15, 0.2) is 0 Å². The van der Waals surface area contributed by atoms with Gasteiger partial charge in [-0.3, -0.25) is 0 Å². The van der Waals surface area contributed by atoms with Gasteiger partial charge in [-0.2, -0.15) is 0 Å². The molecule has 19 heavy (non-hydrogen) atoms. The van der Waals surface area contributed by atoms with E-state index < -0.39 is 12.2 Å². The van der Waals surface area contributed by atoms with Gasteiger partial charge >= 0.3 is 0 Å². The first kappa shape index (κ1) is 11.8. The zero-order valence-electron chi connectivity index (χ0n) is 9.83. The second-order valence-corrected chi connectivity index (χ2v) is 4.27. The molecule has 4 heteroatoms. The molecule has 1 heterocycles. The van der Waals surface area contributed by atoms with Crippen molar-refractivity contribution in [2.75, 3.05) is 0 Å². The highest BCUT2D eigenvalue weighted by atomic mass is 19.3. The Labute approximate surface area is 107 Å². The molecule has 3 aromatic rings. The van der Waals surface area contributed by atoms with Crippen molar-refractivity contribution in [3.8, 4) is 11.3 Å². The predicted molar refractivity (Wildman–Crippen MR) is 68.6 cm³/mol. The largest absolute Gasteiger partial charge is 0.354 e. The van der Waals surface area contributed by atoms with Crippen LogP contribution in [0.5, 0.6) is 0 Å². The fourth-order valence-corrected chi connectivity index (χ4v) is 2.23. The molecule has 1 N–H and O–H groups in total. The maximum Gasteiger partial charge on any atom is 0.266 e. The van der Waals surface area contributed by atoms with E-state index in [1.807, 2.05) is 0 Å². The molecule has 0 saturated heterocycles. The number of para-hydroxylation sites is 1. The lowest BCUT2D eigenvalue weighted by molar-refractivity contribution is 0.154. The van der Waals surface area contributed by atoms with Crippen LogP contribution in [0.1, 0.15) is 12.0 Å². The smallest absolute Gasteiger partial charge is 0.266 e. The van der Waals surface area contributed by atoms with E-state index in [1.165, 1.54) is 24.3 Å². The number of hydrogen-bond acceptors (Lipinski definition) is 0. The number of aromatic amines is 1. The molecule has 0 aliphatic heterocycles. The minimum absolute atomic E-state index is 0.0396. The highest BCUT2D eigenvalue weighted by Gasteiger charge is 2.20. The number of nitrogens with one attached hydrogen (secondary N) is 1. The fraction of sp³-hybridized carbons (Fsp3) is 0.0667. The van der Waals surface area contributed by atoms with Crippen LogP contribution in [0, 0.1) is 5.82 Å². The van der Waals surface area contributed by atoms with E-state index in [9.17, 15) is 13.2 Å². The van der Waals surface area contributed by atoms with Gasteiger partial charge in [-0.15, -0.1) is 0 Å². The molecule has 1 aromatic heterocycles. The van der Waals surface area contributed by atoms with E-state index in [0.717, 1.165) is 0 Å². The van der Waals surface area contributed by atoms with Crippen LogP contribution in [0.4, 0.5) is 13.2 Å². The maximum atomic E-state index is 13.3. The second-order valence-electron chi connectivity index (χ2n) is 4.27. The molecule has 0 radical (unpaired) electrons. The Balaban J connectivity index is 2.28. The molecule has 0 saturated carbocycles. The summed E-state index contributed by atoms with van der Waals surface area (Å²) in [6.07, 6.45) is -2.59. The highest BCUT2D eigenvalue weighted by Crippen LogP contribution is 2.36. The Morgan fingerprint density at radius 2 is 1.58 bits per heavy atom. The van der Waals surface area contributed by atoms with Crippen LogP contribution in [0.3, 0.4) is 0 Å². The lowest BCUT2D eigenvalue weighted by Crippen LogP contribution is -1.87. The lowest BCUT2D eigenvalue weighted by atomic mass is 10.1. The fourth-order valence-electron chi connectivity index (χ4n) is 2.23. The molecule has 0 aliphatic carbocycles. The normalized spacial score (nSPS) is 11.4. The Bertz CT molecular complexity index is 714. The summed E-state index contributed by atoms with van der Waals surface area (Å²) in [6, 6.07) is 12.4. The van der Waals surface area contributed by atoms with Crippen LogP contribution in [0.15, 0.2) is 48.5 Å². The first-order valence-corrected chi connectivity index (χ1v) is 5.81. The van der Waals surface area contributed by atoms with Crippen LogP contribution >= 0.6 is 0 Å². The average Bonchev–Trinajstić information content (AvgIpc) is 2.78. The summed E-state index contributed by atoms with van der Waals surface area (Å²) < 4.78 is 39.4. The van der Waals surface area contributed by atoms with Crippen molar-refractivity contribution in [3.63, 3.8) is 0 Å². The molecule has 0 spiro atoms. The first-order valence-electron chi connectivity index (χ1n) is 5.81. The summed E-state index contributed by atoms with van der Waals surface area (Å²) >= 11 is 0. The number of benzene rings is 2. The molecule has 0 unspecified atom stereocenters. The SMILES string of the molecule is Fc1ccc(-c2[nH]c3ccccc3c2C(F)F)cc1. The highest BCUT2D eigenvalue weighted by molar-refractivity contribution is 5.91. The molecule has 0 aliphatic rings. The van der Waals surface area contributed by atoms with E-state index in [4.69, 9.17) is 0 Å². The number of fused-ring (bicyclic) bond motifs is 1. The Kier molecular flexibility index (Phi) is 2.78. The third-order valence-electron chi connectivity index (χ3n) is 3.10. The number of aromatic nitrogens is 1. The summed E-state index contributed by atoms with van der Waals surface area (Å²) in [5.74, 6) is -0.390. The molecular weight excluding hydrogens is 251 g/mol. The summed E-state index contributed by atoms with van der Waals surface area (Å²) in [7, 11) is 0. The average molecular weight is 261 g/mol. The van der Waals surface area contributed by atoms with Crippen molar-refractivity contribution in [3.05, 3.63) is 59.9 Å². The summed E-state index contributed by atoms with van der Waals surface area (Å²) in [5.41, 5.74) is 1.50. The third kappa shape index (κ3) is 1.99. The number of hydrogen-bond donors (Lipinski definition) is 1. The quantitative estimate of drug-likeness (QED) is 0.674. The van der Waals surface area contributed by atoms with E-state index in [-0.39, 0.29) is 5.56 Å². The van der Waals surface area contributed by atoms with Crippen LogP contribution in [0.2, 0.25) is 0 Å². The van der Waals surface area contributed by atoms with Crippen LogP contribution in [-0.4, -0.2) is 4.98 Å². The van der Waals surface area contributed by atoms with Gasteiger partial charge in [0, 0.05) is 10.9 Å². The molecule has 3 rings (SSSR count). The monoisotopic (exact) mass is 261 g/mol. The number of rotatable bonds is 2. The standard InChI is InChI=1S/C15H10F3N/c16-10-7-5-9(6-8-10)14-13(15(17)18)11-3-1-2-4-12(11)19-14/h1-8,15,19H. The van der Waals surface area contributed by atoms with Crippen molar-refractivity contribution in [2.24, 2.45) is 0 Å². The zero-order chi connectivity index (χ0) is 13.4.